The number of carbonyl (C=O) groups excluding carboxylic acids is 2. The SMILES string of the molecule is CC1CCN(Cc2csc(NC(=O)CCCNC(=O)c3ccc(Cl)cc3)n2)CC1. The van der Waals surface area contributed by atoms with E-state index in [9.17, 15) is 9.59 Å². The molecule has 0 aliphatic carbocycles. The number of thiazole rings is 1. The Bertz CT molecular complexity index is 816. The molecule has 2 heterocycles. The highest BCUT2D eigenvalue weighted by Gasteiger charge is 2.17. The molecule has 1 fully saturated rings. The Labute approximate surface area is 180 Å². The lowest BCUT2D eigenvalue weighted by molar-refractivity contribution is -0.116. The molecular formula is C21H27ClN4O2S. The average Bonchev–Trinajstić information content (AvgIpc) is 3.14. The summed E-state index contributed by atoms with van der Waals surface area (Å²) in [7, 11) is 0. The summed E-state index contributed by atoms with van der Waals surface area (Å²) in [6, 6.07) is 6.71. The van der Waals surface area contributed by atoms with E-state index in [2.05, 4.69) is 27.4 Å². The molecule has 3 rings (SSSR count). The van der Waals surface area contributed by atoms with Crippen LogP contribution in [-0.4, -0.2) is 41.3 Å². The second-order valence-electron chi connectivity index (χ2n) is 7.52. The van der Waals surface area contributed by atoms with Crippen molar-refractivity contribution in [2.24, 2.45) is 5.92 Å². The van der Waals surface area contributed by atoms with Gasteiger partial charge in [0.1, 0.15) is 0 Å². The number of hydrogen-bond donors (Lipinski definition) is 2. The van der Waals surface area contributed by atoms with Crippen LogP contribution in [-0.2, 0) is 11.3 Å². The molecule has 0 saturated carbocycles. The van der Waals surface area contributed by atoms with Crippen molar-refractivity contribution in [2.45, 2.75) is 39.2 Å². The van der Waals surface area contributed by atoms with Gasteiger partial charge in [-0.05, 0) is 62.5 Å². The van der Waals surface area contributed by atoms with Gasteiger partial charge in [-0.15, -0.1) is 11.3 Å². The first-order valence-corrected chi connectivity index (χ1v) is 11.3. The molecule has 29 heavy (non-hydrogen) atoms. The molecule has 0 radical (unpaired) electrons. The number of likely N-dealkylation sites (tertiary alicyclic amines) is 1. The van der Waals surface area contributed by atoms with Crippen LogP contribution >= 0.6 is 22.9 Å². The Morgan fingerprint density at radius 3 is 2.69 bits per heavy atom. The van der Waals surface area contributed by atoms with Crippen molar-refractivity contribution < 1.29 is 9.59 Å². The molecular weight excluding hydrogens is 408 g/mol. The van der Waals surface area contributed by atoms with E-state index in [4.69, 9.17) is 11.6 Å². The van der Waals surface area contributed by atoms with E-state index in [0.717, 1.165) is 31.2 Å². The molecule has 1 aromatic carbocycles. The van der Waals surface area contributed by atoms with Crippen LogP contribution in [0.25, 0.3) is 0 Å². The Morgan fingerprint density at radius 1 is 1.24 bits per heavy atom. The third-order valence-electron chi connectivity index (χ3n) is 5.03. The van der Waals surface area contributed by atoms with Gasteiger partial charge in [-0.25, -0.2) is 4.98 Å². The first-order chi connectivity index (χ1) is 14.0. The fourth-order valence-corrected chi connectivity index (χ4v) is 4.07. The van der Waals surface area contributed by atoms with E-state index >= 15 is 0 Å². The minimum absolute atomic E-state index is 0.0848. The molecule has 1 aromatic heterocycles. The number of benzene rings is 1. The van der Waals surface area contributed by atoms with Gasteiger partial charge in [-0.1, -0.05) is 18.5 Å². The molecule has 1 aliphatic heterocycles. The van der Waals surface area contributed by atoms with Gasteiger partial charge < -0.3 is 10.6 Å². The minimum atomic E-state index is -0.168. The molecule has 2 N–H and O–H groups in total. The number of amides is 2. The van der Waals surface area contributed by atoms with Crippen LogP contribution in [0.4, 0.5) is 5.13 Å². The molecule has 0 bridgehead atoms. The highest BCUT2D eigenvalue weighted by atomic mass is 35.5. The molecule has 0 unspecified atom stereocenters. The van der Waals surface area contributed by atoms with E-state index in [0.29, 0.717) is 35.1 Å². The zero-order chi connectivity index (χ0) is 20.6. The molecule has 1 saturated heterocycles. The Balaban J connectivity index is 1.34. The minimum Gasteiger partial charge on any atom is -0.352 e. The summed E-state index contributed by atoms with van der Waals surface area (Å²) in [4.78, 5) is 31.1. The molecule has 0 spiro atoms. The molecule has 8 heteroatoms. The highest BCUT2D eigenvalue weighted by Crippen LogP contribution is 2.21. The van der Waals surface area contributed by atoms with Crippen molar-refractivity contribution in [1.29, 1.82) is 0 Å². The Hall–Kier alpha value is -1.96. The lowest BCUT2D eigenvalue weighted by Gasteiger charge is -2.29. The highest BCUT2D eigenvalue weighted by molar-refractivity contribution is 7.13. The van der Waals surface area contributed by atoms with Crippen molar-refractivity contribution >= 4 is 39.9 Å². The summed E-state index contributed by atoms with van der Waals surface area (Å²) in [6.45, 7) is 5.81. The van der Waals surface area contributed by atoms with E-state index in [1.165, 1.54) is 24.2 Å². The van der Waals surface area contributed by atoms with Crippen molar-refractivity contribution in [1.82, 2.24) is 15.2 Å². The van der Waals surface area contributed by atoms with Gasteiger partial charge in [-0.2, -0.15) is 0 Å². The van der Waals surface area contributed by atoms with Gasteiger partial charge in [0.05, 0.1) is 5.69 Å². The van der Waals surface area contributed by atoms with Crippen LogP contribution in [0.1, 0.15) is 48.7 Å². The third kappa shape index (κ3) is 7.10. The maximum atomic E-state index is 12.1. The van der Waals surface area contributed by atoms with Crippen molar-refractivity contribution in [3.05, 3.63) is 45.9 Å². The average molecular weight is 435 g/mol. The Morgan fingerprint density at radius 2 is 1.97 bits per heavy atom. The van der Waals surface area contributed by atoms with E-state index in [1.807, 2.05) is 5.38 Å². The lowest BCUT2D eigenvalue weighted by Crippen LogP contribution is -2.32. The van der Waals surface area contributed by atoms with Gasteiger partial charge in [-0.3, -0.25) is 14.5 Å². The summed E-state index contributed by atoms with van der Waals surface area (Å²) >= 11 is 7.28. The number of halogens is 1. The molecule has 1 aliphatic rings. The second kappa shape index (κ2) is 10.7. The maximum Gasteiger partial charge on any atom is 0.251 e. The summed E-state index contributed by atoms with van der Waals surface area (Å²) in [5.41, 5.74) is 1.56. The summed E-state index contributed by atoms with van der Waals surface area (Å²) in [5, 5.41) is 8.91. The molecule has 2 aromatic rings. The topological polar surface area (TPSA) is 74.3 Å². The van der Waals surface area contributed by atoms with Crippen LogP contribution in [0.2, 0.25) is 5.02 Å². The van der Waals surface area contributed by atoms with Gasteiger partial charge >= 0.3 is 0 Å². The van der Waals surface area contributed by atoms with Crippen LogP contribution in [0.3, 0.4) is 0 Å². The normalized spacial score (nSPS) is 15.2. The predicted molar refractivity (Wildman–Crippen MR) is 117 cm³/mol. The number of rotatable bonds is 8. The first-order valence-electron chi connectivity index (χ1n) is 10.00. The van der Waals surface area contributed by atoms with E-state index < -0.39 is 0 Å². The van der Waals surface area contributed by atoms with Crippen LogP contribution < -0.4 is 10.6 Å². The molecule has 2 amide bonds. The number of piperidine rings is 1. The molecule has 0 atom stereocenters. The van der Waals surface area contributed by atoms with Crippen molar-refractivity contribution in [2.75, 3.05) is 25.0 Å². The summed E-state index contributed by atoms with van der Waals surface area (Å²) < 4.78 is 0. The summed E-state index contributed by atoms with van der Waals surface area (Å²) in [6.07, 6.45) is 3.37. The molecule has 6 nitrogen and oxygen atoms in total. The number of carbonyl (C=O) groups is 2. The summed E-state index contributed by atoms with van der Waals surface area (Å²) in [5.74, 6) is 0.560. The quantitative estimate of drug-likeness (QED) is 0.611. The van der Waals surface area contributed by atoms with Gasteiger partial charge in [0.2, 0.25) is 5.91 Å². The monoisotopic (exact) mass is 434 g/mol. The van der Waals surface area contributed by atoms with Crippen LogP contribution in [0, 0.1) is 5.92 Å². The fraction of sp³-hybridized carbons (Fsp3) is 0.476. The molecule has 156 valence electrons. The van der Waals surface area contributed by atoms with E-state index in [1.54, 1.807) is 24.3 Å². The van der Waals surface area contributed by atoms with Crippen molar-refractivity contribution in [3.8, 4) is 0 Å². The van der Waals surface area contributed by atoms with Crippen LogP contribution in [0.15, 0.2) is 29.6 Å². The fourth-order valence-electron chi connectivity index (χ4n) is 3.22. The standard InChI is InChI=1S/C21H27ClN4O2S/c1-15-8-11-26(12-9-15)13-18-14-29-21(24-18)25-19(27)3-2-10-23-20(28)16-4-6-17(22)7-5-16/h4-7,14-15H,2-3,8-13H2,1H3,(H,23,28)(H,24,25,27). The number of aromatic nitrogens is 1. The number of hydrogen-bond acceptors (Lipinski definition) is 5. The third-order valence-corrected chi connectivity index (χ3v) is 6.09. The van der Waals surface area contributed by atoms with Gasteiger partial charge in [0.25, 0.3) is 5.91 Å². The number of nitrogens with one attached hydrogen (secondary N) is 2. The number of nitrogens with zero attached hydrogens (tertiary/aromatic N) is 2. The smallest absolute Gasteiger partial charge is 0.251 e. The maximum absolute atomic E-state index is 12.1. The Kier molecular flexibility index (Phi) is 8.03. The zero-order valence-electron chi connectivity index (χ0n) is 16.6. The van der Waals surface area contributed by atoms with E-state index in [-0.39, 0.29) is 11.8 Å². The zero-order valence-corrected chi connectivity index (χ0v) is 18.2. The van der Waals surface area contributed by atoms with Crippen LogP contribution in [0.5, 0.6) is 0 Å². The lowest BCUT2D eigenvalue weighted by atomic mass is 9.99. The van der Waals surface area contributed by atoms with Gasteiger partial charge in [0.15, 0.2) is 5.13 Å². The largest absolute Gasteiger partial charge is 0.352 e. The first kappa shape index (κ1) is 21.7. The van der Waals surface area contributed by atoms with Gasteiger partial charge in [0, 0.05) is 35.5 Å². The number of anilines is 1. The predicted octanol–water partition coefficient (Wildman–Crippen LogP) is 4.18. The van der Waals surface area contributed by atoms with Crippen molar-refractivity contribution in [3.63, 3.8) is 0 Å². The second-order valence-corrected chi connectivity index (χ2v) is 8.81.